The fourth-order valence-electron chi connectivity index (χ4n) is 13.0. The number of hydrogen-bond donors (Lipinski definition) is 0. The largest absolute Gasteiger partial charge is 0.456 e. The standard InChI is InChI=1S/C73H39N7O2S2/c1-7-19-57-44(13-1)49-29-30-59-68(69(49)80(57)73-77-70(42-27-33-66-53(37-42)47-16-5-11-23-64(47)83-66)76-71(78-73)43-28-34-67-54(38-43)48-17-6-12-24-65(48)84-67)50-18-2-8-20-58(50)79(59)72-74-55(40-25-31-62-51(35-40)45-14-3-9-21-60(45)81-62)39-56(75-72)41-26-32-63-52(36-41)46-15-4-10-22-61(46)82-63/h1-39H. The van der Waals surface area contributed by atoms with E-state index < -0.39 is 0 Å². The summed E-state index contributed by atoms with van der Waals surface area (Å²) in [5.74, 6) is 2.22. The van der Waals surface area contributed by atoms with E-state index in [0.29, 0.717) is 23.5 Å². The molecular weight excluding hydrogens is 1070 g/mol. The van der Waals surface area contributed by atoms with Gasteiger partial charge in [0.15, 0.2) is 11.6 Å². The Hall–Kier alpha value is -10.9. The van der Waals surface area contributed by atoms with Crippen molar-refractivity contribution in [2.45, 2.75) is 0 Å². The first kappa shape index (κ1) is 45.8. The summed E-state index contributed by atoms with van der Waals surface area (Å²) in [5.41, 5.74) is 12.4. The summed E-state index contributed by atoms with van der Waals surface area (Å²) in [6.07, 6.45) is 0. The van der Waals surface area contributed by atoms with Gasteiger partial charge in [0.05, 0.1) is 33.5 Å². The lowest BCUT2D eigenvalue weighted by atomic mass is 10.0. The average molecular weight is 1110 g/mol. The summed E-state index contributed by atoms with van der Waals surface area (Å²) in [6, 6.07) is 83.2. The lowest BCUT2D eigenvalue weighted by Crippen LogP contribution is -2.06. The van der Waals surface area contributed by atoms with Gasteiger partial charge in [0.25, 0.3) is 0 Å². The summed E-state index contributed by atoms with van der Waals surface area (Å²) in [6.45, 7) is 0. The highest BCUT2D eigenvalue weighted by Crippen LogP contribution is 2.44. The van der Waals surface area contributed by atoms with Gasteiger partial charge < -0.3 is 8.83 Å². The molecule has 0 N–H and O–H groups in total. The third-order valence-electron chi connectivity index (χ3n) is 16.8. The number of fused-ring (bicyclic) bond motifs is 19. The molecule has 11 aromatic carbocycles. The lowest BCUT2D eigenvalue weighted by molar-refractivity contribution is 0.668. The van der Waals surface area contributed by atoms with Gasteiger partial charge in [-0.15, -0.1) is 22.7 Å². The minimum Gasteiger partial charge on any atom is -0.456 e. The molecule has 19 aromatic rings. The van der Waals surface area contributed by atoms with Crippen molar-refractivity contribution in [2.24, 2.45) is 0 Å². The van der Waals surface area contributed by atoms with E-state index in [4.69, 9.17) is 33.8 Å². The fraction of sp³-hybridized carbons (Fsp3) is 0. The molecule has 0 saturated carbocycles. The topological polar surface area (TPSA) is 101 Å². The van der Waals surface area contributed by atoms with Crippen molar-refractivity contribution in [3.05, 3.63) is 237 Å². The number of aromatic nitrogens is 7. The lowest BCUT2D eigenvalue weighted by Gasteiger charge is -2.13. The molecular formula is C73H39N7O2S2. The highest BCUT2D eigenvalue weighted by atomic mass is 32.1. The second kappa shape index (κ2) is 17.3. The van der Waals surface area contributed by atoms with Crippen LogP contribution in [0.3, 0.4) is 0 Å². The van der Waals surface area contributed by atoms with Gasteiger partial charge in [-0.3, -0.25) is 9.13 Å². The van der Waals surface area contributed by atoms with Gasteiger partial charge in [0.1, 0.15) is 22.3 Å². The van der Waals surface area contributed by atoms with Crippen LogP contribution in [0.1, 0.15) is 0 Å². The van der Waals surface area contributed by atoms with Crippen LogP contribution in [0.15, 0.2) is 245 Å². The predicted octanol–water partition coefficient (Wildman–Crippen LogP) is 20.1. The second-order valence-corrected chi connectivity index (χ2v) is 23.7. The van der Waals surface area contributed by atoms with Gasteiger partial charge in [-0.1, -0.05) is 115 Å². The van der Waals surface area contributed by atoms with E-state index in [-0.39, 0.29) is 0 Å². The van der Waals surface area contributed by atoms with E-state index >= 15 is 0 Å². The normalized spacial score (nSPS) is 12.3. The number of nitrogens with zero attached hydrogens (tertiary/aromatic N) is 7. The molecule has 8 heterocycles. The zero-order chi connectivity index (χ0) is 54.7. The van der Waals surface area contributed by atoms with Crippen LogP contribution in [0, 0.1) is 0 Å². The molecule has 0 aliphatic rings. The first-order valence-electron chi connectivity index (χ1n) is 27.9. The second-order valence-electron chi connectivity index (χ2n) is 21.5. The maximum atomic E-state index is 6.33. The molecule has 0 radical (unpaired) electrons. The van der Waals surface area contributed by atoms with E-state index in [1.807, 2.05) is 24.3 Å². The fourth-order valence-corrected chi connectivity index (χ4v) is 15.2. The van der Waals surface area contributed by atoms with E-state index in [9.17, 15) is 0 Å². The first-order valence-corrected chi connectivity index (χ1v) is 29.5. The van der Waals surface area contributed by atoms with Crippen molar-refractivity contribution in [1.82, 2.24) is 34.1 Å². The molecule has 8 aromatic heterocycles. The van der Waals surface area contributed by atoms with Crippen LogP contribution in [0.25, 0.3) is 185 Å². The summed E-state index contributed by atoms with van der Waals surface area (Å²) < 4.78 is 22.1. The number of benzene rings is 11. The zero-order valence-corrected chi connectivity index (χ0v) is 45.9. The molecule has 0 aliphatic carbocycles. The molecule has 0 unspecified atom stereocenters. The van der Waals surface area contributed by atoms with Crippen LogP contribution in [0.5, 0.6) is 0 Å². The minimum absolute atomic E-state index is 0.515. The van der Waals surface area contributed by atoms with Gasteiger partial charge in [0.2, 0.25) is 11.9 Å². The highest BCUT2D eigenvalue weighted by Gasteiger charge is 2.26. The molecule has 0 bridgehead atoms. The molecule has 0 fully saturated rings. The number of furan rings is 2. The van der Waals surface area contributed by atoms with E-state index in [0.717, 1.165) is 121 Å². The zero-order valence-electron chi connectivity index (χ0n) is 44.3. The Labute approximate surface area is 484 Å². The molecule has 11 heteroatoms. The van der Waals surface area contributed by atoms with Gasteiger partial charge in [-0.2, -0.15) is 9.97 Å². The predicted molar refractivity (Wildman–Crippen MR) is 346 cm³/mol. The van der Waals surface area contributed by atoms with Crippen LogP contribution in [0.4, 0.5) is 0 Å². The number of para-hydroxylation sites is 4. The maximum Gasteiger partial charge on any atom is 0.238 e. The van der Waals surface area contributed by atoms with E-state index in [1.54, 1.807) is 22.7 Å². The van der Waals surface area contributed by atoms with Gasteiger partial charge in [0, 0.05) is 106 Å². The molecule has 0 spiro atoms. The maximum absolute atomic E-state index is 6.33. The Kier molecular flexibility index (Phi) is 9.46. The van der Waals surface area contributed by atoms with Crippen LogP contribution in [-0.4, -0.2) is 34.1 Å². The van der Waals surface area contributed by atoms with Crippen LogP contribution in [-0.2, 0) is 0 Å². The SMILES string of the molecule is c1ccc2c(c1)oc1ccc(-c3cc(-c4ccc5oc6ccccc6c5c4)nc(-n4c5ccccc5c5c4ccc4c6ccccc6n(-c6nc(-c7ccc8sc9ccccc9c8c7)nc(-c7ccc8sc9ccccc9c8c7)n6)c45)n3)cc12. The highest BCUT2D eigenvalue weighted by molar-refractivity contribution is 7.26. The molecule has 19 rings (SSSR count). The molecule has 390 valence electrons. The Bertz CT molecular complexity index is 5770. The number of rotatable bonds is 6. The van der Waals surface area contributed by atoms with Crippen molar-refractivity contribution in [2.75, 3.05) is 0 Å². The Morgan fingerprint density at radius 1 is 0.274 bits per heavy atom. The van der Waals surface area contributed by atoms with Crippen molar-refractivity contribution in [3.8, 4) is 57.2 Å². The number of hydrogen-bond acceptors (Lipinski definition) is 9. The molecule has 84 heavy (non-hydrogen) atoms. The molecule has 0 saturated heterocycles. The monoisotopic (exact) mass is 1110 g/mol. The van der Waals surface area contributed by atoms with E-state index in [2.05, 4.69) is 221 Å². The van der Waals surface area contributed by atoms with Crippen molar-refractivity contribution < 1.29 is 8.83 Å². The summed E-state index contributed by atoms with van der Waals surface area (Å²) in [7, 11) is 0. The molecule has 0 amide bonds. The molecule has 9 nitrogen and oxygen atoms in total. The minimum atomic E-state index is 0.515. The van der Waals surface area contributed by atoms with Crippen LogP contribution >= 0.6 is 22.7 Å². The Morgan fingerprint density at radius 3 is 1.30 bits per heavy atom. The molecule has 0 aliphatic heterocycles. The summed E-state index contributed by atoms with van der Waals surface area (Å²) >= 11 is 3.60. The molecule has 0 atom stereocenters. The first-order chi connectivity index (χ1) is 41.6. The summed E-state index contributed by atoms with van der Waals surface area (Å²) in [4.78, 5) is 27.7. The Morgan fingerprint density at radius 2 is 0.714 bits per heavy atom. The van der Waals surface area contributed by atoms with Crippen molar-refractivity contribution >= 4 is 151 Å². The third kappa shape index (κ3) is 6.73. The average Bonchev–Trinajstić information content (AvgIpc) is 3.18. The quantitative estimate of drug-likeness (QED) is 0.163. The van der Waals surface area contributed by atoms with Gasteiger partial charge in [-0.25, -0.2) is 15.0 Å². The van der Waals surface area contributed by atoms with Crippen molar-refractivity contribution in [1.29, 1.82) is 0 Å². The van der Waals surface area contributed by atoms with Crippen LogP contribution < -0.4 is 0 Å². The number of thiophene rings is 2. The summed E-state index contributed by atoms with van der Waals surface area (Å²) in [5, 5.41) is 13.1. The van der Waals surface area contributed by atoms with Gasteiger partial charge in [-0.05, 0) is 121 Å². The van der Waals surface area contributed by atoms with Gasteiger partial charge >= 0.3 is 0 Å². The van der Waals surface area contributed by atoms with Crippen molar-refractivity contribution in [3.63, 3.8) is 0 Å². The third-order valence-corrected chi connectivity index (χ3v) is 19.1. The van der Waals surface area contributed by atoms with E-state index in [1.165, 1.54) is 40.3 Å². The van der Waals surface area contributed by atoms with Crippen LogP contribution in [0.2, 0.25) is 0 Å². The Balaban J connectivity index is 0.880. The smallest absolute Gasteiger partial charge is 0.238 e.